The van der Waals surface area contributed by atoms with Gasteiger partial charge >= 0.3 is 0 Å². The van der Waals surface area contributed by atoms with E-state index in [4.69, 9.17) is 14.2 Å². The number of benzene rings is 1. The minimum Gasteiger partial charge on any atom is -0.496 e. The second-order valence-electron chi connectivity index (χ2n) is 2.57. The van der Waals surface area contributed by atoms with Crippen molar-refractivity contribution in [3.05, 3.63) is 23.8 Å². The van der Waals surface area contributed by atoms with Crippen molar-refractivity contribution < 1.29 is 19.0 Å². The topological polar surface area (TPSA) is 44.8 Å². The first-order valence-electron chi connectivity index (χ1n) is 4.06. The van der Waals surface area contributed by atoms with E-state index in [0.717, 1.165) is 6.29 Å². The van der Waals surface area contributed by atoms with Crippen LogP contribution in [0.2, 0.25) is 0 Å². The molecule has 0 radical (unpaired) electrons. The van der Waals surface area contributed by atoms with E-state index in [1.54, 1.807) is 18.2 Å². The molecule has 0 bridgehead atoms. The van der Waals surface area contributed by atoms with E-state index in [0.29, 0.717) is 17.1 Å². The minimum atomic E-state index is 0.170. The van der Waals surface area contributed by atoms with Gasteiger partial charge in [0.15, 0.2) is 13.1 Å². The molecule has 0 atom stereocenters. The summed E-state index contributed by atoms with van der Waals surface area (Å²) in [5.74, 6) is 1.10. The van der Waals surface area contributed by atoms with E-state index in [1.807, 2.05) is 0 Å². The lowest BCUT2D eigenvalue weighted by Gasteiger charge is -2.07. The van der Waals surface area contributed by atoms with Crippen LogP contribution in [0.25, 0.3) is 0 Å². The van der Waals surface area contributed by atoms with Gasteiger partial charge in [-0.3, -0.25) is 4.79 Å². The van der Waals surface area contributed by atoms with E-state index in [2.05, 4.69) is 0 Å². The maximum Gasteiger partial charge on any atom is 0.188 e. The third-order valence-corrected chi connectivity index (χ3v) is 1.68. The molecule has 0 aliphatic rings. The summed E-state index contributed by atoms with van der Waals surface area (Å²) in [7, 11) is 3.04. The highest BCUT2D eigenvalue weighted by Gasteiger charge is 2.03. The van der Waals surface area contributed by atoms with Crippen LogP contribution in [0.4, 0.5) is 0 Å². The van der Waals surface area contributed by atoms with Crippen molar-refractivity contribution in [2.45, 2.75) is 0 Å². The Hall–Kier alpha value is -1.55. The average molecular weight is 196 g/mol. The molecule has 0 heterocycles. The van der Waals surface area contributed by atoms with Crippen molar-refractivity contribution >= 4 is 6.29 Å². The van der Waals surface area contributed by atoms with Crippen molar-refractivity contribution in [2.75, 3.05) is 21.0 Å². The van der Waals surface area contributed by atoms with Crippen molar-refractivity contribution in [3.63, 3.8) is 0 Å². The van der Waals surface area contributed by atoms with Crippen molar-refractivity contribution in [2.24, 2.45) is 0 Å². The molecule has 1 aromatic rings. The lowest BCUT2D eigenvalue weighted by atomic mass is 10.2. The van der Waals surface area contributed by atoms with E-state index in [9.17, 15) is 4.79 Å². The Bertz CT molecular complexity index is 309. The molecule has 0 N–H and O–H groups in total. The highest BCUT2D eigenvalue weighted by Crippen LogP contribution is 2.23. The Morgan fingerprint density at radius 1 is 1.36 bits per heavy atom. The summed E-state index contributed by atoms with van der Waals surface area (Å²) >= 11 is 0. The molecule has 1 rings (SSSR count). The van der Waals surface area contributed by atoms with Gasteiger partial charge in [-0.2, -0.15) is 0 Å². The van der Waals surface area contributed by atoms with Gasteiger partial charge in [-0.25, -0.2) is 0 Å². The number of hydrogen-bond acceptors (Lipinski definition) is 4. The van der Waals surface area contributed by atoms with Gasteiger partial charge in [0, 0.05) is 13.2 Å². The summed E-state index contributed by atoms with van der Waals surface area (Å²) in [4.78, 5) is 10.6. The first-order chi connectivity index (χ1) is 6.81. The monoisotopic (exact) mass is 196 g/mol. The van der Waals surface area contributed by atoms with Gasteiger partial charge in [-0.05, 0) is 12.1 Å². The van der Waals surface area contributed by atoms with E-state index < -0.39 is 0 Å². The van der Waals surface area contributed by atoms with Gasteiger partial charge in [0.05, 0.1) is 12.7 Å². The summed E-state index contributed by atoms with van der Waals surface area (Å²) < 4.78 is 14.9. The summed E-state index contributed by atoms with van der Waals surface area (Å²) in [6, 6.07) is 4.96. The Labute approximate surface area is 82.4 Å². The molecular formula is C10H12O4. The van der Waals surface area contributed by atoms with Gasteiger partial charge in [-0.15, -0.1) is 0 Å². The average Bonchev–Trinajstić information content (AvgIpc) is 2.25. The first-order valence-corrected chi connectivity index (χ1v) is 4.06. The maximum absolute atomic E-state index is 10.6. The van der Waals surface area contributed by atoms with E-state index >= 15 is 0 Å². The molecule has 0 amide bonds. The zero-order chi connectivity index (χ0) is 10.4. The number of carbonyl (C=O) groups excluding carboxylic acids is 1. The maximum atomic E-state index is 10.6. The molecule has 4 nitrogen and oxygen atoms in total. The molecule has 0 saturated carbocycles. The molecule has 14 heavy (non-hydrogen) atoms. The second kappa shape index (κ2) is 5.24. The Morgan fingerprint density at radius 2 is 2.14 bits per heavy atom. The number of hydrogen-bond donors (Lipinski definition) is 0. The van der Waals surface area contributed by atoms with Crippen molar-refractivity contribution in [3.8, 4) is 11.5 Å². The molecule has 76 valence electrons. The number of ether oxygens (including phenoxy) is 3. The smallest absolute Gasteiger partial charge is 0.188 e. The summed E-state index contributed by atoms with van der Waals surface area (Å²) in [5.41, 5.74) is 0.497. The fourth-order valence-electron chi connectivity index (χ4n) is 1.01. The molecule has 0 unspecified atom stereocenters. The predicted octanol–water partition coefficient (Wildman–Crippen LogP) is 1.49. The summed E-state index contributed by atoms with van der Waals surface area (Å²) in [5, 5.41) is 0. The number of methoxy groups -OCH3 is 2. The van der Waals surface area contributed by atoms with Crippen LogP contribution in [-0.2, 0) is 4.74 Å². The van der Waals surface area contributed by atoms with Crippen molar-refractivity contribution in [1.82, 2.24) is 0 Å². The lowest BCUT2D eigenvalue weighted by Crippen LogP contribution is -1.99. The first kappa shape index (κ1) is 10.5. The van der Waals surface area contributed by atoms with Gasteiger partial charge in [0.25, 0.3) is 0 Å². The van der Waals surface area contributed by atoms with Crippen LogP contribution in [0.5, 0.6) is 11.5 Å². The Balaban J connectivity index is 2.84. The molecule has 4 heteroatoms. The van der Waals surface area contributed by atoms with Gasteiger partial charge in [0.1, 0.15) is 11.5 Å². The molecule has 1 aromatic carbocycles. The van der Waals surface area contributed by atoms with Crippen LogP contribution in [-0.4, -0.2) is 27.3 Å². The third-order valence-electron chi connectivity index (χ3n) is 1.68. The SMILES string of the molecule is COCOc1ccc(C=O)c(OC)c1. The quantitative estimate of drug-likeness (QED) is 0.528. The molecule has 0 aromatic heterocycles. The van der Waals surface area contributed by atoms with Crippen molar-refractivity contribution in [1.29, 1.82) is 0 Å². The fourth-order valence-corrected chi connectivity index (χ4v) is 1.01. The van der Waals surface area contributed by atoms with Crippen LogP contribution in [0.15, 0.2) is 18.2 Å². The molecular weight excluding hydrogens is 184 g/mol. The van der Waals surface area contributed by atoms with Crippen LogP contribution in [0.3, 0.4) is 0 Å². The largest absolute Gasteiger partial charge is 0.496 e. The van der Waals surface area contributed by atoms with Gasteiger partial charge in [0.2, 0.25) is 0 Å². The standard InChI is InChI=1S/C10H12O4/c1-12-7-14-9-4-3-8(6-11)10(5-9)13-2/h3-6H,7H2,1-2H3. The van der Waals surface area contributed by atoms with E-state index in [-0.39, 0.29) is 6.79 Å². The van der Waals surface area contributed by atoms with Crippen LogP contribution < -0.4 is 9.47 Å². The Morgan fingerprint density at radius 3 is 2.71 bits per heavy atom. The Kier molecular flexibility index (Phi) is 3.94. The number of rotatable bonds is 5. The van der Waals surface area contributed by atoms with Crippen LogP contribution in [0, 0.1) is 0 Å². The normalized spacial score (nSPS) is 9.57. The predicted molar refractivity (Wildman–Crippen MR) is 50.9 cm³/mol. The number of carbonyl (C=O) groups is 1. The highest BCUT2D eigenvalue weighted by atomic mass is 16.7. The van der Waals surface area contributed by atoms with Gasteiger partial charge < -0.3 is 14.2 Å². The molecule has 0 aliphatic heterocycles. The van der Waals surface area contributed by atoms with Crippen LogP contribution >= 0.6 is 0 Å². The number of aldehydes is 1. The highest BCUT2D eigenvalue weighted by molar-refractivity contribution is 5.79. The molecule has 0 fully saturated rings. The zero-order valence-electron chi connectivity index (χ0n) is 8.15. The summed E-state index contributed by atoms with van der Waals surface area (Å²) in [6.45, 7) is 0.170. The minimum absolute atomic E-state index is 0.170. The fraction of sp³-hybridized carbons (Fsp3) is 0.300. The third kappa shape index (κ3) is 2.47. The van der Waals surface area contributed by atoms with Gasteiger partial charge in [-0.1, -0.05) is 0 Å². The lowest BCUT2D eigenvalue weighted by molar-refractivity contribution is 0.0510. The zero-order valence-corrected chi connectivity index (χ0v) is 8.15. The molecule has 0 spiro atoms. The molecule has 0 aliphatic carbocycles. The molecule has 0 saturated heterocycles. The van der Waals surface area contributed by atoms with Crippen LogP contribution in [0.1, 0.15) is 10.4 Å². The summed E-state index contributed by atoms with van der Waals surface area (Å²) in [6.07, 6.45) is 0.735. The van der Waals surface area contributed by atoms with E-state index in [1.165, 1.54) is 14.2 Å². The second-order valence-corrected chi connectivity index (χ2v) is 2.57.